The van der Waals surface area contributed by atoms with Crippen molar-refractivity contribution in [3.05, 3.63) is 12.7 Å². The van der Waals surface area contributed by atoms with Crippen LogP contribution in [0.4, 0.5) is 0 Å². The molecule has 0 rings (SSSR count). The zero-order chi connectivity index (χ0) is 8.53. The molecule has 0 aromatic heterocycles. The fourth-order valence-electron chi connectivity index (χ4n) is 0.877. The first kappa shape index (κ1) is 10.7. The fraction of sp³-hybridized carbons (Fsp3) is 0.778. The molecule has 0 heterocycles. The first-order valence-electron chi connectivity index (χ1n) is 4.14. The summed E-state index contributed by atoms with van der Waals surface area (Å²) >= 11 is 0. The average molecular weight is 157 g/mol. The third-order valence-corrected chi connectivity index (χ3v) is 1.60. The van der Waals surface area contributed by atoms with Crippen LogP contribution in [0.3, 0.4) is 0 Å². The highest BCUT2D eigenvalue weighted by Gasteiger charge is 1.97. The lowest BCUT2D eigenvalue weighted by molar-refractivity contribution is 0.196. The first-order valence-corrected chi connectivity index (χ1v) is 4.14. The van der Waals surface area contributed by atoms with Crippen molar-refractivity contribution in [3.8, 4) is 0 Å². The molecule has 11 heavy (non-hydrogen) atoms. The molecule has 1 unspecified atom stereocenters. The van der Waals surface area contributed by atoms with Gasteiger partial charge in [-0.05, 0) is 19.8 Å². The quantitative estimate of drug-likeness (QED) is 0.447. The van der Waals surface area contributed by atoms with E-state index in [9.17, 15) is 0 Å². The molecule has 0 bridgehead atoms. The Morgan fingerprint density at radius 2 is 2.36 bits per heavy atom. The Hall–Kier alpha value is -0.340. The summed E-state index contributed by atoms with van der Waals surface area (Å²) < 4.78 is 4.91. The van der Waals surface area contributed by atoms with Crippen LogP contribution in [0.25, 0.3) is 0 Å². The van der Waals surface area contributed by atoms with Crippen LogP contribution >= 0.6 is 0 Å². The Morgan fingerprint density at radius 1 is 1.64 bits per heavy atom. The summed E-state index contributed by atoms with van der Waals surface area (Å²) in [6.07, 6.45) is 4.20. The molecule has 1 atom stereocenters. The Kier molecular flexibility index (Phi) is 7.52. The van der Waals surface area contributed by atoms with E-state index in [4.69, 9.17) is 4.74 Å². The van der Waals surface area contributed by atoms with Crippen molar-refractivity contribution in [1.82, 2.24) is 5.32 Å². The van der Waals surface area contributed by atoms with Gasteiger partial charge in [0.25, 0.3) is 0 Å². The molecule has 0 aliphatic carbocycles. The van der Waals surface area contributed by atoms with E-state index in [1.807, 2.05) is 6.08 Å². The Morgan fingerprint density at radius 3 is 2.91 bits per heavy atom. The maximum absolute atomic E-state index is 4.91. The molecule has 0 aliphatic rings. The molecule has 0 radical (unpaired) electrons. The summed E-state index contributed by atoms with van der Waals surface area (Å²) in [5, 5.41) is 3.35. The Balaban J connectivity index is 3.08. The first-order chi connectivity index (χ1) is 5.31. The van der Waals surface area contributed by atoms with Crippen LogP contribution in [-0.4, -0.2) is 26.3 Å². The van der Waals surface area contributed by atoms with Crippen LogP contribution in [0.5, 0.6) is 0 Å². The van der Waals surface area contributed by atoms with Gasteiger partial charge in [-0.25, -0.2) is 0 Å². The zero-order valence-corrected chi connectivity index (χ0v) is 7.60. The van der Waals surface area contributed by atoms with Crippen LogP contribution in [0.1, 0.15) is 19.8 Å². The van der Waals surface area contributed by atoms with E-state index >= 15 is 0 Å². The van der Waals surface area contributed by atoms with E-state index < -0.39 is 0 Å². The van der Waals surface area contributed by atoms with Gasteiger partial charge >= 0.3 is 0 Å². The molecule has 0 aromatic rings. The van der Waals surface area contributed by atoms with Gasteiger partial charge in [0, 0.05) is 19.7 Å². The minimum Gasteiger partial charge on any atom is -0.383 e. The molecule has 0 saturated carbocycles. The highest BCUT2D eigenvalue weighted by molar-refractivity contribution is 4.70. The summed E-state index contributed by atoms with van der Waals surface area (Å²) in [5.41, 5.74) is 0. The van der Waals surface area contributed by atoms with Gasteiger partial charge in [0.05, 0.1) is 6.61 Å². The van der Waals surface area contributed by atoms with Crippen LogP contribution in [0.15, 0.2) is 12.7 Å². The van der Waals surface area contributed by atoms with Gasteiger partial charge in [0.2, 0.25) is 0 Å². The monoisotopic (exact) mass is 157 g/mol. The minimum atomic E-state index is 0.572. The van der Waals surface area contributed by atoms with Crippen molar-refractivity contribution in [2.24, 2.45) is 0 Å². The molecule has 2 nitrogen and oxygen atoms in total. The van der Waals surface area contributed by atoms with Crippen LogP contribution in [-0.2, 0) is 4.74 Å². The Labute approximate surface area is 69.6 Å². The van der Waals surface area contributed by atoms with Crippen molar-refractivity contribution in [1.29, 1.82) is 0 Å². The van der Waals surface area contributed by atoms with Gasteiger partial charge in [-0.3, -0.25) is 0 Å². The molecule has 0 amide bonds. The van der Waals surface area contributed by atoms with Gasteiger partial charge in [-0.15, -0.1) is 6.58 Å². The highest BCUT2D eigenvalue weighted by Crippen LogP contribution is 1.95. The number of hydrogen-bond donors (Lipinski definition) is 1. The van der Waals surface area contributed by atoms with Gasteiger partial charge < -0.3 is 10.1 Å². The number of nitrogens with one attached hydrogen (secondary N) is 1. The molecule has 0 fully saturated rings. The smallest absolute Gasteiger partial charge is 0.0587 e. The maximum Gasteiger partial charge on any atom is 0.0587 e. The molecule has 0 aromatic carbocycles. The molecule has 66 valence electrons. The van der Waals surface area contributed by atoms with Gasteiger partial charge in [-0.2, -0.15) is 0 Å². The predicted octanol–water partition coefficient (Wildman–Crippen LogP) is 1.58. The van der Waals surface area contributed by atoms with Gasteiger partial charge in [-0.1, -0.05) is 6.08 Å². The summed E-state index contributed by atoms with van der Waals surface area (Å²) in [6, 6.07) is 0.572. The lowest BCUT2D eigenvalue weighted by Gasteiger charge is -2.11. The zero-order valence-electron chi connectivity index (χ0n) is 7.60. The molecule has 1 N–H and O–H groups in total. The SMILES string of the molecule is C=CCCC(C)NCCOC. The third-order valence-electron chi connectivity index (χ3n) is 1.60. The molecule has 2 heteroatoms. The number of ether oxygens (including phenoxy) is 1. The predicted molar refractivity (Wildman–Crippen MR) is 48.8 cm³/mol. The van der Waals surface area contributed by atoms with E-state index in [1.165, 1.54) is 0 Å². The third kappa shape index (κ3) is 7.56. The Bertz CT molecular complexity index is 93.6. The van der Waals surface area contributed by atoms with Crippen molar-refractivity contribution in [2.75, 3.05) is 20.3 Å². The largest absolute Gasteiger partial charge is 0.383 e. The van der Waals surface area contributed by atoms with E-state index in [0.29, 0.717) is 6.04 Å². The number of rotatable bonds is 7. The highest BCUT2D eigenvalue weighted by atomic mass is 16.5. The van der Waals surface area contributed by atoms with Crippen molar-refractivity contribution >= 4 is 0 Å². The van der Waals surface area contributed by atoms with Gasteiger partial charge in [0.15, 0.2) is 0 Å². The average Bonchev–Trinajstić information content (AvgIpc) is 2.01. The molecule has 0 aliphatic heterocycles. The summed E-state index contributed by atoms with van der Waals surface area (Å²) in [4.78, 5) is 0. The van der Waals surface area contributed by atoms with Gasteiger partial charge in [0.1, 0.15) is 0 Å². The van der Waals surface area contributed by atoms with E-state index in [-0.39, 0.29) is 0 Å². The van der Waals surface area contributed by atoms with E-state index in [1.54, 1.807) is 7.11 Å². The topological polar surface area (TPSA) is 21.3 Å². The van der Waals surface area contributed by atoms with Crippen molar-refractivity contribution in [2.45, 2.75) is 25.8 Å². The molecular weight excluding hydrogens is 138 g/mol. The second kappa shape index (κ2) is 7.76. The second-order valence-electron chi connectivity index (χ2n) is 2.71. The summed E-state index contributed by atoms with van der Waals surface area (Å²) in [5.74, 6) is 0. The minimum absolute atomic E-state index is 0.572. The van der Waals surface area contributed by atoms with Crippen LogP contribution in [0, 0.1) is 0 Å². The van der Waals surface area contributed by atoms with E-state index in [2.05, 4.69) is 18.8 Å². The van der Waals surface area contributed by atoms with Crippen molar-refractivity contribution in [3.63, 3.8) is 0 Å². The van der Waals surface area contributed by atoms with E-state index in [0.717, 1.165) is 26.0 Å². The fourth-order valence-corrected chi connectivity index (χ4v) is 0.877. The normalized spacial score (nSPS) is 12.9. The molecule has 0 saturated heterocycles. The van der Waals surface area contributed by atoms with Crippen LogP contribution < -0.4 is 5.32 Å². The molecule has 0 spiro atoms. The lowest BCUT2D eigenvalue weighted by Crippen LogP contribution is -2.28. The number of methoxy groups -OCH3 is 1. The number of allylic oxidation sites excluding steroid dienone is 1. The van der Waals surface area contributed by atoms with Crippen molar-refractivity contribution < 1.29 is 4.74 Å². The number of hydrogen-bond acceptors (Lipinski definition) is 2. The maximum atomic E-state index is 4.91. The molecular formula is C9H19NO. The second-order valence-corrected chi connectivity index (χ2v) is 2.71. The summed E-state index contributed by atoms with van der Waals surface area (Å²) in [7, 11) is 1.72. The van der Waals surface area contributed by atoms with Crippen LogP contribution in [0.2, 0.25) is 0 Å². The lowest BCUT2D eigenvalue weighted by atomic mass is 10.2. The summed E-state index contributed by atoms with van der Waals surface area (Å²) in [6.45, 7) is 7.59. The standard InChI is InChI=1S/C9H19NO/c1-4-5-6-9(2)10-7-8-11-3/h4,9-10H,1,5-8H2,2-3H3.